The average Bonchev–Trinajstić information content (AvgIpc) is 3.45. The molecule has 0 aromatic rings. The highest BCUT2D eigenvalue weighted by atomic mass is 16.7. The minimum Gasteiger partial charge on any atom is -0.477 e. The zero-order valence-corrected chi connectivity index (χ0v) is 54.7. The molecule has 0 aliphatic heterocycles. The lowest BCUT2D eigenvalue weighted by atomic mass is 10.0. The van der Waals surface area contributed by atoms with Crippen molar-refractivity contribution in [2.45, 2.75) is 341 Å². The lowest BCUT2D eigenvalue weighted by Crippen LogP contribution is -2.40. The molecule has 0 radical (unpaired) electrons. The van der Waals surface area contributed by atoms with Crippen molar-refractivity contribution in [2.75, 3.05) is 47.5 Å². The summed E-state index contributed by atoms with van der Waals surface area (Å²) < 4.78 is 22.9. The van der Waals surface area contributed by atoms with Gasteiger partial charge in [-0.3, -0.25) is 9.59 Å². The van der Waals surface area contributed by atoms with Crippen LogP contribution in [0.15, 0.2) is 60.8 Å². The number of hydrogen-bond acceptors (Lipinski definition) is 7. The van der Waals surface area contributed by atoms with Gasteiger partial charge in [0.05, 0.1) is 34.4 Å². The number of likely N-dealkylation sites (N-methyl/N-ethyl adjacent to an activating group) is 1. The molecule has 0 bridgehead atoms. The molecule has 0 fully saturated rings. The summed E-state index contributed by atoms with van der Waals surface area (Å²) in [6.45, 7) is 4.79. The van der Waals surface area contributed by atoms with E-state index in [1.807, 2.05) is 21.1 Å². The third-order valence-electron chi connectivity index (χ3n) is 15.5. The van der Waals surface area contributed by atoms with Crippen LogP contribution < -0.4 is 0 Å². The smallest absolute Gasteiger partial charge is 0.361 e. The lowest BCUT2D eigenvalue weighted by Gasteiger charge is -2.25. The number of carboxylic acids is 1. The molecule has 0 saturated heterocycles. The molecule has 0 saturated carbocycles. The molecule has 82 heavy (non-hydrogen) atoms. The summed E-state index contributed by atoms with van der Waals surface area (Å²) in [5.41, 5.74) is 0. The number of allylic oxidation sites excluding steroid dienone is 10. The Balaban J connectivity index is 3.92. The summed E-state index contributed by atoms with van der Waals surface area (Å²) in [7, 11) is 5.98. The molecule has 0 amide bonds. The third-order valence-corrected chi connectivity index (χ3v) is 15.5. The van der Waals surface area contributed by atoms with Gasteiger partial charge in [-0.05, 0) is 77.0 Å². The second-order valence-electron chi connectivity index (χ2n) is 24.8. The van der Waals surface area contributed by atoms with Crippen molar-refractivity contribution in [3.63, 3.8) is 0 Å². The van der Waals surface area contributed by atoms with Crippen LogP contribution in [0.5, 0.6) is 0 Å². The van der Waals surface area contributed by atoms with E-state index < -0.39 is 24.3 Å². The number of esters is 2. The van der Waals surface area contributed by atoms with Gasteiger partial charge in [-0.2, -0.15) is 0 Å². The van der Waals surface area contributed by atoms with Crippen molar-refractivity contribution >= 4 is 17.9 Å². The average molecular weight is 1150 g/mol. The Morgan fingerprint density at radius 1 is 0.378 bits per heavy atom. The molecule has 1 N–H and O–H groups in total. The number of ether oxygens (including phenoxy) is 4. The topological polar surface area (TPSA) is 108 Å². The number of carbonyl (C=O) groups excluding carboxylic acids is 2. The van der Waals surface area contributed by atoms with E-state index in [-0.39, 0.29) is 32.2 Å². The second-order valence-corrected chi connectivity index (χ2v) is 24.8. The van der Waals surface area contributed by atoms with Crippen LogP contribution >= 0.6 is 0 Å². The maximum atomic E-state index is 12.9. The number of rotatable bonds is 65. The molecule has 2 unspecified atom stereocenters. The Bertz CT molecular complexity index is 1530. The molecule has 9 heteroatoms. The Morgan fingerprint density at radius 2 is 0.695 bits per heavy atom. The quantitative estimate of drug-likeness (QED) is 0.0211. The van der Waals surface area contributed by atoms with Crippen molar-refractivity contribution < 1.29 is 42.9 Å². The van der Waals surface area contributed by atoms with Gasteiger partial charge >= 0.3 is 17.9 Å². The first-order valence-corrected chi connectivity index (χ1v) is 35.0. The molecule has 0 spiro atoms. The van der Waals surface area contributed by atoms with Gasteiger partial charge in [0.15, 0.2) is 6.10 Å². The largest absolute Gasteiger partial charge is 0.477 e. The molecule has 0 heterocycles. The molecule has 0 aliphatic rings. The fourth-order valence-electron chi connectivity index (χ4n) is 10.2. The van der Waals surface area contributed by atoms with Gasteiger partial charge in [0, 0.05) is 12.8 Å². The number of aliphatic carboxylic acids is 1. The van der Waals surface area contributed by atoms with Crippen LogP contribution in [-0.4, -0.2) is 87.4 Å². The number of carbonyl (C=O) groups is 3. The Kier molecular flexibility index (Phi) is 61.6. The molecular weight excluding hydrogens is 1020 g/mol. The molecule has 9 nitrogen and oxygen atoms in total. The van der Waals surface area contributed by atoms with Crippen LogP contribution in [-0.2, 0) is 33.3 Å². The van der Waals surface area contributed by atoms with E-state index in [1.54, 1.807) is 0 Å². The van der Waals surface area contributed by atoms with E-state index in [9.17, 15) is 19.5 Å². The first-order chi connectivity index (χ1) is 40.1. The number of hydrogen-bond donors (Lipinski definition) is 1. The van der Waals surface area contributed by atoms with Crippen molar-refractivity contribution in [3.8, 4) is 0 Å². The van der Waals surface area contributed by atoms with Crippen molar-refractivity contribution in [2.24, 2.45) is 0 Å². The van der Waals surface area contributed by atoms with Crippen LogP contribution in [0.4, 0.5) is 0 Å². The maximum absolute atomic E-state index is 12.9. The van der Waals surface area contributed by atoms with Gasteiger partial charge in [0.25, 0.3) is 6.29 Å². The van der Waals surface area contributed by atoms with E-state index in [2.05, 4.69) is 74.6 Å². The van der Waals surface area contributed by atoms with E-state index in [0.717, 1.165) is 77.0 Å². The van der Waals surface area contributed by atoms with Crippen LogP contribution in [0.3, 0.4) is 0 Å². The maximum Gasteiger partial charge on any atom is 0.361 e. The third kappa shape index (κ3) is 64.5. The monoisotopic (exact) mass is 1150 g/mol. The van der Waals surface area contributed by atoms with Crippen LogP contribution in [0.1, 0.15) is 328 Å². The molecule has 0 aromatic heterocycles. The predicted octanol–water partition coefficient (Wildman–Crippen LogP) is 21.5. The first-order valence-electron chi connectivity index (χ1n) is 35.0. The van der Waals surface area contributed by atoms with Gasteiger partial charge < -0.3 is 28.5 Å². The first kappa shape index (κ1) is 79.0. The van der Waals surface area contributed by atoms with E-state index in [0.29, 0.717) is 17.4 Å². The van der Waals surface area contributed by atoms with Gasteiger partial charge in [-0.1, -0.05) is 299 Å². The highest BCUT2D eigenvalue weighted by molar-refractivity contribution is 5.71. The SMILES string of the molecule is CC/C=C\C/C=C\C/C=C\C/C=C\CCCCCCCCCCCCCCCCCCCCCCCCCCCCCCC(=O)OC(COC(=O)CCCCCCC/C=C\CCCCCCCCC)COC(OCC[N+](C)(C)C)C(=O)O. The zero-order chi connectivity index (χ0) is 59.8. The normalized spacial score (nSPS) is 13.0. The summed E-state index contributed by atoms with van der Waals surface area (Å²) in [6, 6.07) is 0. The van der Waals surface area contributed by atoms with E-state index >= 15 is 0 Å². The fraction of sp³-hybridized carbons (Fsp3) is 0.822. The number of unbranched alkanes of at least 4 members (excludes halogenated alkanes) is 40. The Hall–Kier alpha value is -3.01. The minimum atomic E-state index is -1.51. The fourth-order valence-corrected chi connectivity index (χ4v) is 10.2. The summed E-state index contributed by atoms with van der Waals surface area (Å²) >= 11 is 0. The molecule has 0 aromatic carbocycles. The van der Waals surface area contributed by atoms with Gasteiger partial charge in [0.1, 0.15) is 13.2 Å². The molecule has 0 rings (SSSR count). The van der Waals surface area contributed by atoms with Crippen molar-refractivity contribution in [3.05, 3.63) is 60.8 Å². The lowest BCUT2D eigenvalue weighted by molar-refractivity contribution is -0.870. The minimum absolute atomic E-state index is 0.182. The van der Waals surface area contributed by atoms with Gasteiger partial charge in [-0.25, -0.2) is 4.79 Å². The standard InChI is InChI=1S/C73H133NO8/c1-6-8-10-12-14-16-18-20-22-24-25-26-27-28-29-30-31-32-33-34-35-36-37-38-39-40-41-42-43-44-45-46-47-48-50-52-54-56-58-60-62-64-71(76)82-69(68-81-73(72(77)78)79-66-65-74(3,4)5)67-80-70(75)63-61-59-57-55-53-51-49-23-21-19-17-15-13-11-9-7-2/h8,10,14,16,20,22-23,25-26,49,69,73H,6-7,9,11-13,15,17-19,21,24,27-48,50-68H2,1-5H3/p+1/b10-8-,16-14-,22-20-,26-25-,49-23-. The van der Waals surface area contributed by atoms with Crippen LogP contribution in [0.2, 0.25) is 0 Å². The summed E-state index contributed by atoms with van der Waals surface area (Å²) in [4.78, 5) is 37.5. The van der Waals surface area contributed by atoms with E-state index in [1.165, 1.54) is 225 Å². The van der Waals surface area contributed by atoms with Crippen molar-refractivity contribution in [1.82, 2.24) is 0 Å². The number of carboxylic acid groups (broad SMARTS) is 1. The number of nitrogens with zero attached hydrogens (tertiary/aromatic N) is 1. The van der Waals surface area contributed by atoms with Crippen LogP contribution in [0, 0.1) is 0 Å². The Labute approximate surface area is 507 Å². The summed E-state index contributed by atoms with van der Waals surface area (Å²) in [5, 5.41) is 9.72. The second kappa shape index (κ2) is 64.0. The van der Waals surface area contributed by atoms with Crippen molar-refractivity contribution in [1.29, 1.82) is 0 Å². The number of quaternary nitrogens is 1. The molecule has 2 atom stereocenters. The zero-order valence-electron chi connectivity index (χ0n) is 54.7. The molecule has 0 aliphatic carbocycles. The molecule has 478 valence electrons. The summed E-state index contributed by atoms with van der Waals surface area (Å²) in [5.74, 6) is -2.00. The predicted molar refractivity (Wildman–Crippen MR) is 350 cm³/mol. The van der Waals surface area contributed by atoms with Gasteiger partial charge in [0.2, 0.25) is 0 Å². The highest BCUT2D eigenvalue weighted by Gasteiger charge is 2.25. The molecular formula is C73H134NO8+. The van der Waals surface area contributed by atoms with Crippen LogP contribution in [0.25, 0.3) is 0 Å². The summed E-state index contributed by atoms with van der Waals surface area (Å²) in [6.07, 6.45) is 80.7. The van der Waals surface area contributed by atoms with Gasteiger partial charge in [-0.15, -0.1) is 0 Å². The highest BCUT2D eigenvalue weighted by Crippen LogP contribution is 2.18. The van der Waals surface area contributed by atoms with E-state index in [4.69, 9.17) is 18.9 Å². The Morgan fingerprint density at radius 3 is 1.05 bits per heavy atom.